The van der Waals surface area contributed by atoms with Crippen molar-refractivity contribution >= 4 is 0 Å². The van der Waals surface area contributed by atoms with Crippen LogP contribution in [-0.2, 0) is 0 Å². The molecule has 0 aromatic carbocycles. The van der Waals surface area contributed by atoms with Gasteiger partial charge in [0.05, 0.1) is 0 Å². The van der Waals surface area contributed by atoms with E-state index in [-0.39, 0.29) is 0 Å². The Morgan fingerprint density at radius 3 is 2.64 bits per heavy atom. The first-order valence-corrected chi connectivity index (χ1v) is 6.52. The highest BCUT2D eigenvalue weighted by atomic mass is 14.3. The van der Waals surface area contributed by atoms with Gasteiger partial charge >= 0.3 is 0 Å². The molecule has 0 nitrogen and oxygen atoms in total. The molecule has 0 aromatic rings. The van der Waals surface area contributed by atoms with Crippen LogP contribution in [0.25, 0.3) is 0 Å². The molecule has 0 aliphatic heterocycles. The van der Waals surface area contributed by atoms with Gasteiger partial charge in [0, 0.05) is 0 Å². The maximum atomic E-state index is 2.39. The van der Waals surface area contributed by atoms with Gasteiger partial charge in [0.2, 0.25) is 0 Å². The molecule has 1 atom stereocenters. The van der Waals surface area contributed by atoms with Crippen LogP contribution in [0.2, 0.25) is 0 Å². The Kier molecular flexibility index (Phi) is 3.30. The quantitative estimate of drug-likeness (QED) is 0.554. The van der Waals surface area contributed by atoms with E-state index in [1.54, 1.807) is 0 Å². The number of rotatable bonds is 5. The van der Waals surface area contributed by atoms with Crippen molar-refractivity contribution in [2.45, 2.75) is 65.2 Å². The van der Waals surface area contributed by atoms with Crippen LogP contribution in [-0.4, -0.2) is 0 Å². The summed E-state index contributed by atoms with van der Waals surface area (Å²) in [6.45, 7) is 4.70. The molecule has 80 valence electrons. The van der Waals surface area contributed by atoms with Gasteiger partial charge in [0.1, 0.15) is 0 Å². The Morgan fingerprint density at radius 1 is 1.29 bits per heavy atom. The molecule has 0 heterocycles. The fourth-order valence-electron chi connectivity index (χ4n) is 2.88. The maximum Gasteiger partial charge on any atom is -0.0100 e. The second kappa shape index (κ2) is 4.51. The van der Waals surface area contributed by atoms with E-state index in [1.165, 1.54) is 51.4 Å². The van der Waals surface area contributed by atoms with Crippen LogP contribution < -0.4 is 0 Å². The molecule has 0 N–H and O–H groups in total. The molecule has 0 aromatic heterocycles. The summed E-state index contributed by atoms with van der Waals surface area (Å²) >= 11 is 0. The molecule has 14 heavy (non-hydrogen) atoms. The molecule has 2 aliphatic carbocycles. The van der Waals surface area contributed by atoms with Crippen molar-refractivity contribution in [3.8, 4) is 0 Å². The zero-order valence-electron chi connectivity index (χ0n) is 9.81. The van der Waals surface area contributed by atoms with E-state index in [4.69, 9.17) is 0 Å². The second-order valence-electron chi connectivity index (χ2n) is 5.30. The van der Waals surface area contributed by atoms with Crippen molar-refractivity contribution in [3.63, 3.8) is 0 Å². The lowest BCUT2D eigenvalue weighted by Crippen LogP contribution is -1.91. The summed E-state index contributed by atoms with van der Waals surface area (Å²) < 4.78 is 0. The van der Waals surface area contributed by atoms with Crippen molar-refractivity contribution in [1.29, 1.82) is 0 Å². The summed E-state index contributed by atoms with van der Waals surface area (Å²) in [5.41, 5.74) is 3.64. The predicted molar refractivity (Wildman–Crippen MR) is 62.3 cm³/mol. The van der Waals surface area contributed by atoms with Crippen LogP contribution in [0.5, 0.6) is 0 Å². The Bertz CT molecular complexity index is 218. The van der Waals surface area contributed by atoms with E-state index < -0.39 is 0 Å². The standard InChI is InChI=1S/C14H24/c1-3-11(2)14-10-13(14)9-8-12-6-4-5-7-12/h11-12H,3-10H2,1-2H3. The van der Waals surface area contributed by atoms with E-state index in [2.05, 4.69) is 13.8 Å². The molecular weight excluding hydrogens is 168 g/mol. The van der Waals surface area contributed by atoms with Crippen molar-refractivity contribution in [1.82, 2.24) is 0 Å². The first-order valence-electron chi connectivity index (χ1n) is 6.52. The van der Waals surface area contributed by atoms with Gasteiger partial charge in [0.25, 0.3) is 0 Å². The normalized spacial score (nSPS) is 24.4. The van der Waals surface area contributed by atoms with E-state index in [1.807, 2.05) is 11.1 Å². The minimum absolute atomic E-state index is 0.883. The first kappa shape index (κ1) is 10.3. The molecule has 0 spiro atoms. The van der Waals surface area contributed by atoms with Crippen molar-refractivity contribution in [3.05, 3.63) is 11.1 Å². The minimum Gasteiger partial charge on any atom is -0.0663 e. The lowest BCUT2D eigenvalue weighted by molar-refractivity contribution is 0.505. The smallest absolute Gasteiger partial charge is 0.0100 e. The Hall–Kier alpha value is -0.260. The van der Waals surface area contributed by atoms with Gasteiger partial charge < -0.3 is 0 Å². The third-order valence-corrected chi connectivity index (χ3v) is 4.27. The van der Waals surface area contributed by atoms with Crippen LogP contribution in [0.1, 0.15) is 65.2 Å². The molecular formula is C14H24. The third-order valence-electron chi connectivity index (χ3n) is 4.27. The molecule has 0 bridgehead atoms. The van der Waals surface area contributed by atoms with Crippen LogP contribution in [0, 0.1) is 11.8 Å². The second-order valence-corrected chi connectivity index (χ2v) is 5.30. The molecule has 2 aliphatic rings. The average Bonchev–Trinajstić information content (AvgIpc) is 2.80. The summed E-state index contributed by atoms with van der Waals surface area (Å²) in [6, 6.07) is 0. The molecule has 1 saturated carbocycles. The van der Waals surface area contributed by atoms with Crippen LogP contribution >= 0.6 is 0 Å². The van der Waals surface area contributed by atoms with Gasteiger partial charge in [0.15, 0.2) is 0 Å². The van der Waals surface area contributed by atoms with Crippen molar-refractivity contribution in [2.24, 2.45) is 11.8 Å². The molecule has 2 rings (SSSR count). The summed E-state index contributed by atoms with van der Waals surface area (Å²) in [6.07, 6.45) is 11.7. The van der Waals surface area contributed by atoms with Crippen LogP contribution in [0.15, 0.2) is 11.1 Å². The minimum atomic E-state index is 0.883. The monoisotopic (exact) mass is 192 g/mol. The van der Waals surface area contributed by atoms with E-state index in [0.717, 1.165) is 11.8 Å². The summed E-state index contributed by atoms with van der Waals surface area (Å²) in [4.78, 5) is 0. The van der Waals surface area contributed by atoms with Crippen LogP contribution in [0.3, 0.4) is 0 Å². The average molecular weight is 192 g/mol. The van der Waals surface area contributed by atoms with E-state index in [0.29, 0.717) is 0 Å². The summed E-state index contributed by atoms with van der Waals surface area (Å²) in [5, 5.41) is 0. The fourth-order valence-corrected chi connectivity index (χ4v) is 2.88. The van der Waals surface area contributed by atoms with Gasteiger partial charge in [-0.15, -0.1) is 0 Å². The van der Waals surface area contributed by atoms with Gasteiger partial charge in [-0.2, -0.15) is 0 Å². The Balaban J connectivity index is 1.69. The predicted octanol–water partition coefficient (Wildman–Crippen LogP) is 4.70. The number of hydrogen-bond acceptors (Lipinski definition) is 0. The lowest BCUT2D eigenvalue weighted by Gasteiger charge is -2.05. The SMILES string of the molecule is CCC(C)C1=C(CCC2CCCC2)C1. The zero-order chi connectivity index (χ0) is 9.97. The van der Waals surface area contributed by atoms with E-state index >= 15 is 0 Å². The fraction of sp³-hybridized carbons (Fsp3) is 0.857. The van der Waals surface area contributed by atoms with Crippen molar-refractivity contribution < 1.29 is 0 Å². The van der Waals surface area contributed by atoms with Crippen LogP contribution in [0.4, 0.5) is 0 Å². The maximum absolute atomic E-state index is 2.39. The highest BCUT2D eigenvalue weighted by Gasteiger charge is 2.26. The molecule has 0 saturated heterocycles. The van der Waals surface area contributed by atoms with E-state index in [9.17, 15) is 0 Å². The third kappa shape index (κ3) is 2.40. The summed E-state index contributed by atoms with van der Waals surface area (Å²) in [5.74, 6) is 1.97. The number of allylic oxidation sites excluding steroid dienone is 2. The van der Waals surface area contributed by atoms with Gasteiger partial charge in [-0.25, -0.2) is 0 Å². The molecule has 1 fully saturated rings. The topological polar surface area (TPSA) is 0 Å². The van der Waals surface area contributed by atoms with Gasteiger partial charge in [-0.1, -0.05) is 50.7 Å². The van der Waals surface area contributed by atoms with Gasteiger partial charge in [-0.05, 0) is 37.5 Å². The molecule has 1 unspecified atom stereocenters. The number of hydrogen-bond donors (Lipinski definition) is 0. The molecule has 0 amide bonds. The Morgan fingerprint density at radius 2 is 2.00 bits per heavy atom. The lowest BCUT2D eigenvalue weighted by atomic mass is 10.0. The highest BCUT2D eigenvalue weighted by molar-refractivity contribution is 5.36. The highest BCUT2D eigenvalue weighted by Crippen LogP contribution is 2.43. The Labute approximate surface area is 88.8 Å². The zero-order valence-corrected chi connectivity index (χ0v) is 9.81. The molecule has 0 radical (unpaired) electrons. The molecule has 0 heteroatoms. The van der Waals surface area contributed by atoms with Gasteiger partial charge in [-0.3, -0.25) is 0 Å². The summed E-state index contributed by atoms with van der Waals surface area (Å²) in [7, 11) is 0. The van der Waals surface area contributed by atoms with Crippen molar-refractivity contribution in [2.75, 3.05) is 0 Å². The first-order chi connectivity index (χ1) is 6.81. The largest absolute Gasteiger partial charge is 0.0663 e.